The zero-order chi connectivity index (χ0) is 18.3. The summed E-state index contributed by atoms with van der Waals surface area (Å²) in [6.45, 7) is 5.86. The van der Waals surface area contributed by atoms with Crippen molar-refractivity contribution >= 4 is 40.1 Å². The van der Waals surface area contributed by atoms with Gasteiger partial charge >= 0.3 is 0 Å². The van der Waals surface area contributed by atoms with Gasteiger partial charge in [0.15, 0.2) is 0 Å². The molecule has 1 aromatic heterocycles. The van der Waals surface area contributed by atoms with Gasteiger partial charge in [-0.05, 0) is 43.5 Å². The summed E-state index contributed by atoms with van der Waals surface area (Å²) in [6.07, 6.45) is 3.77. The van der Waals surface area contributed by atoms with Gasteiger partial charge in [0.2, 0.25) is 0 Å². The first kappa shape index (κ1) is 17.6. The molecule has 1 fully saturated rings. The molecule has 0 atom stereocenters. The number of nitrogens with zero attached hydrogens (tertiary/aromatic N) is 4. The van der Waals surface area contributed by atoms with Gasteiger partial charge in [-0.1, -0.05) is 23.5 Å². The molecule has 26 heavy (non-hydrogen) atoms. The monoisotopic (exact) mass is 390 g/mol. The molecule has 0 aliphatic carbocycles. The Morgan fingerprint density at radius 2 is 1.73 bits per heavy atom. The van der Waals surface area contributed by atoms with Gasteiger partial charge < -0.3 is 4.90 Å². The molecule has 0 spiro atoms. The maximum absolute atomic E-state index is 13.9. The molecule has 1 aliphatic rings. The lowest BCUT2D eigenvalue weighted by Gasteiger charge is -2.34. The molecule has 1 aliphatic heterocycles. The standard InChI is InChI=1S/C19H20ClFN4S/c1-13-17(21)11-14-12-22-25(19(14)18(13)20)16-5-3-15(4-6-16)23-7-9-24(26-2)10-8-23/h3-6,11-12H,7-10H2,1-2H3. The lowest BCUT2D eigenvalue weighted by Crippen LogP contribution is -2.43. The third kappa shape index (κ3) is 3.06. The van der Waals surface area contributed by atoms with E-state index >= 15 is 0 Å². The average Bonchev–Trinajstić information content (AvgIpc) is 3.10. The number of aromatic nitrogens is 2. The SMILES string of the molecule is CSN1CCN(c2ccc(-n3ncc4cc(F)c(C)c(Cl)c43)cc2)CC1. The number of rotatable bonds is 3. The number of anilines is 1. The van der Waals surface area contributed by atoms with Crippen LogP contribution in [0.5, 0.6) is 0 Å². The maximum Gasteiger partial charge on any atom is 0.128 e. The molecule has 0 radical (unpaired) electrons. The Kier molecular flexibility index (Phi) is 4.82. The molecule has 136 valence electrons. The molecule has 4 nitrogen and oxygen atoms in total. The smallest absolute Gasteiger partial charge is 0.128 e. The number of hydrogen-bond donors (Lipinski definition) is 0. The van der Waals surface area contributed by atoms with Gasteiger partial charge in [-0.15, -0.1) is 0 Å². The van der Waals surface area contributed by atoms with E-state index in [0.29, 0.717) is 16.0 Å². The third-order valence-electron chi connectivity index (χ3n) is 4.93. The highest BCUT2D eigenvalue weighted by atomic mass is 35.5. The molecule has 0 bridgehead atoms. The lowest BCUT2D eigenvalue weighted by atomic mass is 10.1. The van der Waals surface area contributed by atoms with Crippen LogP contribution in [0.25, 0.3) is 16.6 Å². The molecular formula is C19H20ClFN4S. The molecule has 0 N–H and O–H groups in total. The van der Waals surface area contributed by atoms with Crippen LogP contribution in [0, 0.1) is 12.7 Å². The van der Waals surface area contributed by atoms with E-state index in [1.165, 1.54) is 11.8 Å². The van der Waals surface area contributed by atoms with Crippen LogP contribution >= 0.6 is 23.5 Å². The summed E-state index contributed by atoms with van der Waals surface area (Å²) in [6, 6.07) is 9.79. The molecule has 7 heteroatoms. The quantitative estimate of drug-likeness (QED) is 0.613. The van der Waals surface area contributed by atoms with Crippen LogP contribution < -0.4 is 4.90 Å². The van der Waals surface area contributed by atoms with Crippen molar-refractivity contribution in [2.45, 2.75) is 6.92 Å². The number of hydrogen-bond acceptors (Lipinski definition) is 4. The first-order valence-electron chi connectivity index (χ1n) is 8.55. The van der Waals surface area contributed by atoms with Crippen LogP contribution in [0.15, 0.2) is 36.5 Å². The second-order valence-corrected chi connectivity index (χ2v) is 7.67. The fraction of sp³-hybridized carbons (Fsp3) is 0.316. The summed E-state index contributed by atoms with van der Waals surface area (Å²) in [5.74, 6) is -0.304. The van der Waals surface area contributed by atoms with Crippen molar-refractivity contribution in [2.24, 2.45) is 0 Å². The zero-order valence-corrected chi connectivity index (χ0v) is 16.3. The molecule has 0 saturated carbocycles. The van der Waals surface area contributed by atoms with Gasteiger partial charge in [0, 0.05) is 42.8 Å². The van der Waals surface area contributed by atoms with Crippen molar-refractivity contribution in [3.8, 4) is 5.69 Å². The highest BCUT2D eigenvalue weighted by Gasteiger charge is 2.17. The van der Waals surface area contributed by atoms with E-state index in [9.17, 15) is 4.39 Å². The number of piperazine rings is 1. The maximum atomic E-state index is 13.9. The van der Waals surface area contributed by atoms with E-state index < -0.39 is 0 Å². The zero-order valence-electron chi connectivity index (χ0n) is 14.7. The van der Waals surface area contributed by atoms with Crippen LogP contribution in [0.1, 0.15) is 5.56 Å². The number of benzene rings is 2. The fourth-order valence-electron chi connectivity index (χ4n) is 3.34. The summed E-state index contributed by atoms with van der Waals surface area (Å²) in [7, 11) is 0. The number of halogens is 2. The van der Waals surface area contributed by atoms with Gasteiger partial charge in [-0.3, -0.25) is 0 Å². The largest absolute Gasteiger partial charge is 0.369 e. The Morgan fingerprint density at radius 3 is 2.38 bits per heavy atom. The van der Waals surface area contributed by atoms with E-state index in [1.807, 2.05) is 12.1 Å². The fourth-order valence-corrected chi connectivity index (χ4v) is 4.15. The Hall–Kier alpha value is -1.76. The molecule has 2 aromatic carbocycles. The third-order valence-corrected chi connectivity index (χ3v) is 6.28. The summed E-state index contributed by atoms with van der Waals surface area (Å²) in [4.78, 5) is 2.39. The van der Waals surface area contributed by atoms with Gasteiger partial charge in [-0.25, -0.2) is 13.4 Å². The average molecular weight is 391 g/mol. The van der Waals surface area contributed by atoms with Crippen molar-refractivity contribution in [2.75, 3.05) is 37.3 Å². The Morgan fingerprint density at radius 1 is 1.08 bits per heavy atom. The van der Waals surface area contributed by atoms with Crippen molar-refractivity contribution in [1.82, 2.24) is 14.1 Å². The van der Waals surface area contributed by atoms with E-state index in [-0.39, 0.29) is 5.82 Å². The van der Waals surface area contributed by atoms with Crippen molar-refractivity contribution in [3.63, 3.8) is 0 Å². The van der Waals surface area contributed by atoms with Crippen LogP contribution in [0.4, 0.5) is 10.1 Å². The Bertz CT molecular complexity index is 933. The highest BCUT2D eigenvalue weighted by Crippen LogP contribution is 2.31. The molecule has 1 saturated heterocycles. The number of fused-ring (bicyclic) bond motifs is 1. The minimum atomic E-state index is -0.304. The van der Waals surface area contributed by atoms with Crippen LogP contribution in [-0.4, -0.2) is 46.5 Å². The van der Waals surface area contributed by atoms with Gasteiger partial charge in [0.1, 0.15) is 5.82 Å². The normalized spacial score (nSPS) is 15.8. The van der Waals surface area contributed by atoms with Gasteiger partial charge in [0.05, 0.1) is 22.4 Å². The van der Waals surface area contributed by atoms with Crippen molar-refractivity contribution < 1.29 is 4.39 Å². The first-order chi connectivity index (χ1) is 12.6. The van der Waals surface area contributed by atoms with Crippen molar-refractivity contribution in [1.29, 1.82) is 0 Å². The highest BCUT2D eigenvalue weighted by molar-refractivity contribution is 7.96. The Labute approximate surface area is 161 Å². The van der Waals surface area contributed by atoms with Crippen LogP contribution in [0.2, 0.25) is 5.02 Å². The first-order valence-corrected chi connectivity index (χ1v) is 10.1. The van der Waals surface area contributed by atoms with Gasteiger partial charge in [-0.2, -0.15) is 5.10 Å². The van der Waals surface area contributed by atoms with E-state index in [2.05, 4.69) is 32.7 Å². The minimum Gasteiger partial charge on any atom is -0.369 e. The van der Waals surface area contributed by atoms with E-state index in [0.717, 1.165) is 37.4 Å². The predicted octanol–water partition coefficient (Wildman–Crippen LogP) is 4.53. The lowest BCUT2D eigenvalue weighted by molar-refractivity contribution is 0.431. The molecule has 0 amide bonds. The Balaban J connectivity index is 1.64. The van der Waals surface area contributed by atoms with Crippen molar-refractivity contribution in [3.05, 3.63) is 52.9 Å². The van der Waals surface area contributed by atoms with Gasteiger partial charge in [0.25, 0.3) is 0 Å². The summed E-state index contributed by atoms with van der Waals surface area (Å²) in [5, 5.41) is 5.53. The topological polar surface area (TPSA) is 24.3 Å². The predicted molar refractivity (Wildman–Crippen MR) is 108 cm³/mol. The molecular weight excluding hydrogens is 371 g/mol. The second-order valence-electron chi connectivity index (χ2n) is 6.41. The molecule has 3 aromatic rings. The second kappa shape index (κ2) is 7.10. The van der Waals surface area contributed by atoms with E-state index in [1.54, 1.807) is 29.8 Å². The molecule has 2 heterocycles. The van der Waals surface area contributed by atoms with Crippen LogP contribution in [-0.2, 0) is 0 Å². The molecule has 4 rings (SSSR count). The molecule has 0 unspecified atom stereocenters. The summed E-state index contributed by atoms with van der Waals surface area (Å²) >= 11 is 8.20. The summed E-state index contributed by atoms with van der Waals surface area (Å²) < 4.78 is 18.1. The van der Waals surface area contributed by atoms with E-state index in [4.69, 9.17) is 11.6 Å². The minimum absolute atomic E-state index is 0.304. The summed E-state index contributed by atoms with van der Waals surface area (Å²) in [5.41, 5.74) is 3.31. The van der Waals surface area contributed by atoms with Crippen LogP contribution in [0.3, 0.4) is 0 Å².